The van der Waals surface area contributed by atoms with Crippen LogP contribution in [0.4, 0.5) is 0 Å². The van der Waals surface area contributed by atoms with Crippen molar-refractivity contribution in [2.75, 3.05) is 19.6 Å². The molecule has 0 spiro atoms. The maximum Gasteiger partial charge on any atom is 0.244 e. The average molecular weight is 380 g/mol. The van der Waals surface area contributed by atoms with Gasteiger partial charge in [-0.25, -0.2) is 0 Å². The first kappa shape index (κ1) is 19.3. The van der Waals surface area contributed by atoms with Crippen molar-refractivity contribution in [1.82, 2.24) is 15.2 Å². The molecule has 1 aromatic carbocycles. The number of thiophene rings is 1. The monoisotopic (exact) mass is 379 g/mol. The highest BCUT2D eigenvalue weighted by Crippen LogP contribution is 2.22. The molecule has 2 aromatic heterocycles. The van der Waals surface area contributed by atoms with E-state index in [9.17, 15) is 4.79 Å². The Hall–Kier alpha value is -2.50. The summed E-state index contributed by atoms with van der Waals surface area (Å²) in [5, 5.41) is 8.37. The molecule has 0 fully saturated rings. The lowest BCUT2D eigenvalue weighted by Crippen LogP contribution is -2.37. The lowest BCUT2D eigenvalue weighted by molar-refractivity contribution is -0.116. The smallest absolute Gasteiger partial charge is 0.244 e. The summed E-state index contributed by atoms with van der Waals surface area (Å²) in [5.74, 6) is -0.0877. The SMILES string of the molecule is CCN(CC)C(CNC(=O)/C=C/c1cccc2cccnc12)c1ccsc1. The number of benzene rings is 1. The predicted molar refractivity (Wildman–Crippen MR) is 114 cm³/mol. The number of likely N-dealkylation sites (N-methyl/N-ethyl adjacent to an activating group) is 1. The Kier molecular flexibility index (Phi) is 6.74. The number of rotatable bonds is 8. The van der Waals surface area contributed by atoms with Crippen molar-refractivity contribution in [2.45, 2.75) is 19.9 Å². The van der Waals surface area contributed by atoms with Crippen molar-refractivity contribution in [2.24, 2.45) is 0 Å². The van der Waals surface area contributed by atoms with E-state index in [4.69, 9.17) is 0 Å². The maximum atomic E-state index is 12.4. The van der Waals surface area contributed by atoms with Crippen LogP contribution in [0.2, 0.25) is 0 Å². The van der Waals surface area contributed by atoms with E-state index >= 15 is 0 Å². The molecular weight excluding hydrogens is 354 g/mol. The van der Waals surface area contributed by atoms with Gasteiger partial charge in [0.2, 0.25) is 5.91 Å². The van der Waals surface area contributed by atoms with E-state index < -0.39 is 0 Å². The third-order valence-corrected chi connectivity index (χ3v) is 5.43. The van der Waals surface area contributed by atoms with E-state index in [0.717, 1.165) is 29.6 Å². The molecule has 0 aliphatic carbocycles. The topological polar surface area (TPSA) is 45.2 Å². The Bertz CT molecular complexity index is 896. The molecule has 27 heavy (non-hydrogen) atoms. The molecule has 1 atom stereocenters. The van der Waals surface area contributed by atoms with Crippen LogP contribution in [-0.2, 0) is 4.79 Å². The van der Waals surface area contributed by atoms with E-state index in [0.29, 0.717) is 6.54 Å². The molecule has 0 bridgehead atoms. The van der Waals surface area contributed by atoms with Crippen LogP contribution in [0.25, 0.3) is 17.0 Å². The summed E-state index contributed by atoms with van der Waals surface area (Å²) in [6.07, 6.45) is 5.20. The zero-order chi connectivity index (χ0) is 19.1. The summed E-state index contributed by atoms with van der Waals surface area (Å²) in [7, 11) is 0. The minimum atomic E-state index is -0.0877. The second-order valence-corrected chi connectivity index (χ2v) is 7.07. The van der Waals surface area contributed by atoms with Gasteiger partial charge in [0.1, 0.15) is 0 Å². The van der Waals surface area contributed by atoms with Crippen molar-refractivity contribution in [3.8, 4) is 0 Å². The minimum absolute atomic E-state index is 0.0877. The van der Waals surface area contributed by atoms with Crippen molar-refractivity contribution < 1.29 is 4.79 Å². The molecule has 2 heterocycles. The Labute approximate surface area is 164 Å². The fourth-order valence-electron chi connectivity index (χ4n) is 3.27. The number of carbonyl (C=O) groups excluding carboxylic acids is 1. The van der Waals surface area contributed by atoms with Gasteiger partial charge in [0.25, 0.3) is 0 Å². The molecule has 3 rings (SSSR count). The van der Waals surface area contributed by atoms with Gasteiger partial charge < -0.3 is 5.32 Å². The molecule has 5 heteroatoms. The Balaban J connectivity index is 1.68. The van der Waals surface area contributed by atoms with Crippen molar-refractivity contribution >= 4 is 34.2 Å². The zero-order valence-electron chi connectivity index (χ0n) is 15.8. The van der Waals surface area contributed by atoms with Gasteiger partial charge in [-0.05, 0) is 47.6 Å². The lowest BCUT2D eigenvalue weighted by Gasteiger charge is -2.29. The summed E-state index contributed by atoms with van der Waals surface area (Å²) >= 11 is 1.69. The first-order chi connectivity index (χ1) is 13.2. The van der Waals surface area contributed by atoms with Gasteiger partial charge in [-0.1, -0.05) is 38.1 Å². The van der Waals surface area contributed by atoms with Gasteiger partial charge >= 0.3 is 0 Å². The molecule has 0 aliphatic heterocycles. The number of pyridine rings is 1. The van der Waals surface area contributed by atoms with Crippen LogP contribution in [-0.4, -0.2) is 35.4 Å². The van der Waals surface area contributed by atoms with Gasteiger partial charge in [-0.2, -0.15) is 11.3 Å². The third kappa shape index (κ3) is 4.81. The van der Waals surface area contributed by atoms with E-state index in [-0.39, 0.29) is 11.9 Å². The van der Waals surface area contributed by atoms with Gasteiger partial charge in [-0.15, -0.1) is 0 Å². The van der Waals surface area contributed by atoms with Gasteiger partial charge in [-0.3, -0.25) is 14.7 Å². The minimum Gasteiger partial charge on any atom is -0.351 e. The fraction of sp³-hybridized carbons (Fsp3) is 0.273. The number of amides is 1. The van der Waals surface area contributed by atoms with Crippen molar-refractivity contribution in [3.63, 3.8) is 0 Å². The second kappa shape index (κ2) is 9.44. The molecule has 1 amide bonds. The summed E-state index contributed by atoms with van der Waals surface area (Å²) in [5.41, 5.74) is 3.11. The Morgan fingerprint density at radius 2 is 2.04 bits per heavy atom. The normalized spacial score (nSPS) is 12.7. The van der Waals surface area contributed by atoms with E-state index in [1.807, 2.05) is 36.4 Å². The van der Waals surface area contributed by atoms with E-state index in [1.54, 1.807) is 23.6 Å². The number of nitrogens with one attached hydrogen (secondary N) is 1. The first-order valence-corrected chi connectivity index (χ1v) is 10.2. The third-order valence-electron chi connectivity index (χ3n) is 4.73. The van der Waals surface area contributed by atoms with E-state index in [1.165, 1.54) is 5.56 Å². The highest BCUT2D eigenvalue weighted by atomic mass is 32.1. The van der Waals surface area contributed by atoms with Crippen LogP contribution in [0.15, 0.2) is 59.4 Å². The Morgan fingerprint density at radius 3 is 2.78 bits per heavy atom. The van der Waals surface area contributed by atoms with Gasteiger partial charge in [0.15, 0.2) is 0 Å². The molecular formula is C22H25N3OS. The summed E-state index contributed by atoms with van der Waals surface area (Å²) in [6.45, 7) is 6.79. The van der Waals surface area contributed by atoms with Crippen LogP contribution in [0, 0.1) is 0 Å². The van der Waals surface area contributed by atoms with Gasteiger partial charge in [0, 0.05) is 29.8 Å². The van der Waals surface area contributed by atoms with Crippen LogP contribution < -0.4 is 5.32 Å². The quantitative estimate of drug-likeness (QED) is 0.586. The molecule has 1 unspecified atom stereocenters. The lowest BCUT2D eigenvalue weighted by atomic mass is 10.1. The van der Waals surface area contributed by atoms with Gasteiger partial charge in [0.05, 0.1) is 11.6 Å². The molecule has 140 valence electrons. The summed E-state index contributed by atoms with van der Waals surface area (Å²) < 4.78 is 0. The standard InChI is InChI=1S/C22H25N3OS/c1-3-25(4-2)20(19-12-14-27-16-19)15-24-21(26)11-10-18-8-5-7-17-9-6-13-23-22(17)18/h5-14,16,20H,3-4,15H2,1-2H3,(H,24,26)/b11-10+. The Morgan fingerprint density at radius 1 is 1.22 bits per heavy atom. The van der Waals surface area contributed by atoms with E-state index in [2.05, 4.69) is 45.9 Å². The number of fused-ring (bicyclic) bond motifs is 1. The number of carbonyl (C=O) groups is 1. The second-order valence-electron chi connectivity index (χ2n) is 6.29. The van der Waals surface area contributed by atoms with Crippen LogP contribution in [0.3, 0.4) is 0 Å². The number of para-hydroxylation sites is 1. The highest BCUT2D eigenvalue weighted by Gasteiger charge is 2.18. The molecule has 3 aromatic rings. The molecule has 0 aliphatic rings. The van der Waals surface area contributed by atoms with Crippen LogP contribution in [0.5, 0.6) is 0 Å². The number of nitrogens with zero attached hydrogens (tertiary/aromatic N) is 2. The van der Waals surface area contributed by atoms with Crippen molar-refractivity contribution in [3.05, 3.63) is 70.6 Å². The summed E-state index contributed by atoms with van der Waals surface area (Å²) in [6, 6.07) is 12.3. The fourth-order valence-corrected chi connectivity index (χ4v) is 3.98. The summed E-state index contributed by atoms with van der Waals surface area (Å²) in [4.78, 5) is 19.2. The van der Waals surface area contributed by atoms with Crippen LogP contribution in [0.1, 0.15) is 31.0 Å². The highest BCUT2D eigenvalue weighted by molar-refractivity contribution is 7.07. The molecule has 1 N–H and O–H groups in total. The number of hydrogen-bond donors (Lipinski definition) is 1. The average Bonchev–Trinajstić information content (AvgIpc) is 3.24. The zero-order valence-corrected chi connectivity index (χ0v) is 16.6. The molecule has 0 saturated heterocycles. The molecule has 0 saturated carbocycles. The van der Waals surface area contributed by atoms with Crippen LogP contribution >= 0.6 is 11.3 Å². The van der Waals surface area contributed by atoms with Crippen molar-refractivity contribution in [1.29, 1.82) is 0 Å². The first-order valence-electron chi connectivity index (χ1n) is 9.28. The number of aromatic nitrogens is 1. The largest absolute Gasteiger partial charge is 0.351 e. The number of hydrogen-bond acceptors (Lipinski definition) is 4. The predicted octanol–water partition coefficient (Wildman–Crippen LogP) is 4.51. The molecule has 0 radical (unpaired) electrons. The molecule has 4 nitrogen and oxygen atoms in total. The maximum absolute atomic E-state index is 12.4.